The molecule has 0 aliphatic rings. The first kappa shape index (κ1) is 14.2. The van der Waals surface area contributed by atoms with Crippen molar-refractivity contribution >= 4 is 18.5 Å². The van der Waals surface area contributed by atoms with Crippen molar-refractivity contribution in [3.05, 3.63) is 41.9 Å². The Labute approximate surface area is 109 Å². The summed E-state index contributed by atoms with van der Waals surface area (Å²) in [5, 5.41) is 0. The second kappa shape index (κ2) is 7.49. The molecule has 2 heterocycles. The van der Waals surface area contributed by atoms with Gasteiger partial charge in [0.1, 0.15) is 0 Å². The van der Waals surface area contributed by atoms with E-state index in [9.17, 15) is 9.59 Å². The van der Waals surface area contributed by atoms with Crippen LogP contribution >= 0.6 is 0 Å². The van der Waals surface area contributed by atoms with E-state index >= 15 is 0 Å². The van der Waals surface area contributed by atoms with E-state index in [1.165, 1.54) is 25.7 Å². The molecule has 98 valence electrons. The monoisotopic (exact) mass is 260 g/mol. The molecule has 7 heteroatoms. The number of carbonyl (C=O) groups is 2. The fraction of sp³-hybridized carbons (Fsp3) is 0.0833. The first-order chi connectivity index (χ1) is 9.19. The standard InChI is InChI=1S/C7H7NO2.C5H5N3O/c1-10-7-3-2-6(5-9)4-8-7;6-5-7-1-4(3-9)2-8-5/h2-5H,1H3;1-3H,(H2,6,7,8). The van der Waals surface area contributed by atoms with Gasteiger partial charge < -0.3 is 10.5 Å². The molecule has 0 atom stereocenters. The lowest BCUT2D eigenvalue weighted by atomic mass is 10.3. The lowest BCUT2D eigenvalue weighted by molar-refractivity contribution is 0.111. The second-order valence-electron chi connectivity index (χ2n) is 3.24. The second-order valence-corrected chi connectivity index (χ2v) is 3.24. The van der Waals surface area contributed by atoms with E-state index in [0.717, 1.165) is 6.29 Å². The van der Waals surface area contributed by atoms with Crippen molar-refractivity contribution in [1.29, 1.82) is 0 Å². The predicted molar refractivity (Wildman–Crippen MR) is 68.0 cm³/mol. The molecule has 0 fully saturated rings. The number of aldehydes is 2. The number of nitrogens with two attached hydrogens (primary N) is 1. The molecule has 2 rings (SSSR count). The van der Waals surface area contributed by atoms with Gasteiger partial charge in [0.05, 0.1) is 12.7 Å². The van der Waals surface area contributed by atoms with E-state index in [1.807, 2.05) is 0 Å². The Morgan fingerprint density at radius 2 is 1.58 bits per heavy atom. The summed E-state index contributed by atoms with van der Waals surface area (Å²) in [7, 11) is 1.53. The van der Waals surface area contributed by atoms with Gasteiger partial charge in [0.2, 0.25) is 11.8 Å². The van der Waals surface area contributed by atoms with E-state index in [0.29, 0.717) is 23.3 Å². The highest BCUT2D eigenvalue weighted by atomic mass is 16.5. The van der Waals surface area contributed by atoms with Crippen molar-refractivity contribution in [2.45, 2.75) is 0 Å². The van der Waals surface area contributed by atoms with Crippen LogP contribution in [0.1, 0.15) is 20.7 Å². The maximum absolute atomic E-state index is 10.1. The van der Waals surface area contributed by atoms with Crippen LogP contribution in [-0.2, 0) is 0 Å². The summed E-state index contributed by atoms with van der Waals surface area (Å²) in [6, 6.07) is 3.29. The lowest BCUT2D eigenvalue weighted by Gasteiger charge is -1.95. The quantitative estimate of drug-likeness (QED) is 0.812. The molecule has 0 aromatic carbocycles. The van der Waals surface area contributed by atoms with Gasteiger partial charge >= 0.3 is 0 Å². The molecule has 0 aliphatic heterocycles. The molecule has 0 bridgehead atoms. The first-order valence-corrected chi connectivity index (χ1v) is 5.17. The minimum Gasteiger partial charge on any atom is -0.481 e. The van der Waals surface area contributed by atoms with Gasteiger partial charge in [-0.25, -0.2) is 15.0 Å². The van der Waals surface area contributed by atoms with Crippen molar-refractivity contribution < 1.29 is 14.3 Å². The molecule has 0 radical (unpaired) electrons. The highest BCUT2D eigenvalue weighted by Crippen LogP contribution is 2.03. The predicted octanol–water partition coefficient (Wildman–Crippen LogP) is 0.774. The molecule has 0 unspecified atom stereocenters. The molecule has 0 saturated carbocycles. The van der Waals surface area contributed by atoms with Crippen molar-refractivity contribution in [3.8, 4) is 5.88 Å². The summed E-state index contributed by atoms with van der Waals surface area (Å²) >= 11 is 0. The molecule has 0 aliphatic carbocycles. The highest BCUT2D eigenvalue weighted by molar-refractivity contribution is 5.74. The Morgan fingerprint density at radius 3 is 2.00 bits per heavy atom. The number of nitrogens with zero attached hydrogens (tertiary/aromatic N) is 3. The number of hydrogen-bond donors (Lipinski definition) is 1. The zero-order valence-corrected chi connectivity index (χ0v) is 10.2. The van der Waals surface area contributed by atoms with Gasteiger partial charge in [-0.15, -0.1) is 0 Å². The normalized spacial score (nSPS) is 8.89. The van der Waals surface area contributed by atoms with Crippen LogP contribution < -0.4 is 10.5 Å². The van der Waals surface area contributed by atoms with Crippen LogP contribution in [-0.4, -0.2) is 34.6 Å². The maximum Gasteiger partial charge on any atom is 0.219 e. The number of ether oxygens (including phenoxy) is 1. The lowest BCUT2D eigenvalue weighted by Crippen LogP contribution is -1.94. The molecular weight excluding hydrogens is 248 g/mol. The summed E-state index contributed by atoms with van der Waals surface area (Å²) in [5.41, 5.74) is 6.13. The van der Waals surface area contributed by atoms with Crippen LogP contribution in [0.3, 0.4) is 0 Å². The van der Waals surface area contributed by atoms with Crippen LogP contribution in [0.15, 0.2) is 30.7 Å². The number of nitrogen functional groups attached to an aromatic ring is 1. The van der Waals surface area contributed by atoms with Gasteiger partial charge in [0, 0.05) is 30.2 Å². The maximum atomic E-state index is 10.1. The third-order valence-electron chi connectivity index (χ3n) is 1.93. The zero-order valence-electron chi connectivity index (χ0n) is 10.2. The smallest absolute Gasteiger partial charge is 0.219 e. The Kier molecular flexibility index (Phi) is 5.61. The Bertz CT molecular complexity index is 526. The third-order valence-corrected chi connectivity index (χ3v) is 1.93. The summed E-state index contributed by atoms with van der Waals surface area (Å²) in [5.74, 6) is 0.700. The van der Waals surface area contributed by atoms with Crippen LogP contribution in [0, 0.1) is 0 Å². The summed E-state index contributed by atoms with van der Waals surface area (Å²) in [6.45, 7) is 0. The van der Waals surface area contributed by atoms with Gasteiger partial charge in [0.25, 0.3) is 0 Å². The van der Waals surface area contributed by atoms with Crippen molar-refractivity contribution in [2.75, 3.05) is 12.8 Å². The fourth-order valence-corrected chi connectivity index (χ4v) is 0.991. The van der Waals surface area contributed by atoms with Crippen LogP contribution in [0.25, 0.3) is 0 Å². The molecular formula is C12H12N4O3. The molecule has 0 amide bonds. The molecule has 0 spiro atoms. The SMILES string of the molecule is COc1ccc(C=O)cn1.Nc1ncc(C=O)cn1. The minimum absolute atomic E-state index is 0.181. The Morgan fingerprint density at radius 1 is 1.00 bits per heavy atom. The summed E-state index contributed by atoms with van der Waals surface area (Å²) in [6.07, 6.45) is 5.61. The highest BCUT2D eigenvalue weighted by Gasteiger charge is 1.91. The Balaban J connectivity index is 0.000000191. The molecule has 2 aromatic rings. The minimum atomic E-state index is 0.181. The number of anilines is 1. The fourth-order valence-electron chi connectivity index (χ4n) is 0.991. The number of rotatable bonds is 3. The van der Waals surface area contributed by atoms with Crippen molar-refractivity contribution in [2.24, 2.45) is 0 Å². The van der Waals surface area contributed by atoms with E-state index in [-0.39, 0.29) is 5.95 Å². The van der Waals surface area contributed by atoms with Gasteiger partial charge in [-0.3, -0.25) is 9.59 Å². The molecule has 0 saturated heterocycles. The van der Waals surface area contributed by atoms with E-state index in [4.69, 9.17) is 10.5 Å². The van der Waals surface area contributed by atoms with Gasteiger partial charge in [-0.2, -0.15) is 0 Å². The van der Waals surface area contributed by atoms with Crippen LogP contribution in [0.5, 0.6) is 5.88 Å². The van der Waals surface area contributed by atoms with Crippen LogP contribution in [0.4, 0.5) is 5.95 Å². The number of methoxy groups -OCH3 is 1. The largest absolute Gasteiger partial charge is 0.481 e. The topological polar surface area (TPSA) is 108 Å². The van der Waals surface area contributed by atoms with Gasteiger partial charge in [-0.1, -0.05) is 0 Å². The summed E-state index contributed by atoms with van der Waals surface area (Å²) in [4.78, 5) is 31.1. The molecule has 2 N–H and O–H groups in total. The number of carbonyl (C=O) groups excluding carboxylic acids is 2. The molecule has 19 heavy (non-hydrogen) atoms. The summed E-state index contributed by atoms with van der Waals surface area (Å²) < 4.78 is 4.79. The average Bonchev–Trinajstić information content (AvgIpc) is 2.49. The zero-order chi connectivity index (χ0) is 14.1. The van der Waals surface area contributed by atoms with E-state index in [1.54, 1.807) is 12.1 Å². The van der Waals surface area contributed by atoms with E-state index in [2.05, 4.69) is 15.0 Å². The van der Waals surface area contributed by atoms with Gasteiger partial charge in [-0.05, 0) is 6.07 Å². The van der Waals surface area contributed by atoms with Crippen molar-refractivity contribution in [1.82, 2.24) is 15.0 Å². The number of hydrogen-bond acceptors (Lipinski definition) is 7. The average molecular weight is 260 g/mol. The number of pyridine rings is 1. The number of aromatic nitrogens is 3. The molecule has 7 nitrogen and oxygen atoms in total. The first-order valence-electron chi connectivity index (χ1n) is 5.17. The van der Waals surface area contributed by atoms with E-state index < -0.39 is 0 Å². The Hall–Kier alpha value is -2.83. The van der Waals surface area contributed by atoms with Gasteiger partial charge in [0.15, 0.2) is 12.6 Å². The van der Waals surface area contributed by atoms with Crippen molar-refractivity contribution in [3.63, 3.8) is 0 Å². The van der Waals surface area contributed by atoms with Crippen LogP contribution in [0.2, 0.25) is 0 Å². The third kappa shape index (κ3) is 4.90. The molecule has 2 aromatic heterocycles.